The molecular formula is C48H32B4N6O2. The number of nitrogens with zero attached hydrogens (tertiary/aromatic N) is 6. The lowest BCUT2D eigenvalue weighted by atomic mass is 9.35. The van der Waals surface area contributed by atoms with E-state index in [0.717, 1.165) is 84.9 Å². The number of hydrogen-bond donors (Lipinski definition) is 0. The van der Waals surface area contributed by atoms with E-state index in [2.05, 4.69) is 223 Å². The molecule has 0 aliphatic carbocycles. The van der Waals surface area contributed by atoms with E-state index in [0.29, 0.717) is 0 Å². The first-order valence-corrected chi connectivity index (χ1v) is 20.6. The summed E-state index contributed by atoms with van der Waals surface area (Å²) >= 11 is 0. The summed E-state index contributed by atoms with van der Waals surface area (Å²) in [4.78, 5) is 7.55. The zero-order chi connectivity index (χ0) is 39.1. The zero-order valence-electron chi connectivity index (χ0n) is 32.3. The summed E-state index contributed by atoms with van der Waals surface area (Å²) in [5.74, 6) is 3.39. The lowest BCUT2D eigenvalue weighted by molar-refractivity contribution is 0.465. The lowest BCUT2D eigenvalue weighted by Crippen LogP contribution is -2.83. The molecule has 1 fully saturated rings. The quantitative estimate of drug-likeness (QED) is 0.166. The van der Waals surface area contributed by atoms with E-state index in [1.807, 2.05) is 0 Å². The Morgan fingerprint density at radius 2 is 0.633 bits per heavy atom. The lowest BCUT2D eigenvalue weighted by Gasteiger charge is -2.51. The fraction of sp³-hybridized carbons (Fsp3) is 0. The first-order chi connectivity index (χ1) is 29.8. The number of rotatable bonds is 3. The molecule has 1 saturated heterocycles. The maximum Gasteiger partial charge on any atom is 0.489 e. The molecule has 278 valence electrons. The molecule has 0 N–H and O–H groups in total. The number of ether oxygens (including phenoxy) is 2. The van der Waals surface area contributed by atoms with Gasteiger partial charge in [-0.1, -0.05) is 109 Å². The second-order valence-corrected chi connectivity index (χ2v) is 16.1. The van der Waals surface area contributed by atoms with Crippen LogP contribution >= 0.6 is 0 Å². The van der Waals surface area contributed by atoms with E-state index >= 15 is 0 Å². The van der Waals surface area contributed by atoms with Crippen molar-refractivity contribution in [3.8, 4) is 23.0 Å². The fourth-order valence-corrected chi connectivity index (χ4v) is 10.8. The van der Waals surface area contributed by atoms with Crippen LogP contribution in [0.2, 0.25) is 0 Å². The summed E-state index contributed by atoms with van der Waals surface area (Å²) in [6.07, 6.45) is 0. The molecule has 6 aliphatic heterocycles. The van der Waals surface area contributed by atoms with Crippen LogP contribution in [0.4, 0.5) is 51.2 Å². The fourth-order valence-electron chi connectivity index (χ4n) is 10.8. The number of hydrogen-bond acceptors (Lipinski definition) is 8. The van der Waals surface area contributed by atoms with Crippen molar-refractivity contribution in [1.29, 1.82) is 0 Å². The molecule has 0 spiro atoms. The highest BCUT2D eigenvalue weighted by Crippen LogP contribution is 2.58. The van der Waals surface area contributed by atoms with Gasteiger partial charge in [-0.05, 0) is 83.7 Å². The number of anilines is 9. The Kier molecular flexibility index (Phi) is 6.47. The monoisotopic (exact) mass is 768 g/mol. The Morgan fingerprint density at radius 3 is 1.05 bits per heavy atom. The summed E-state index contributed by atoms with van der Waals surface area (Å²) in [6, 6.07) is 69.7. The van der Waals surface area contributed by atoms with Gasteiger partial charge in [-0.15, -0.1) is 0 Å². The maximum absolute atomic E-state index is 6.91. The van der Waals surface area contributed by atoms with Crippen LogP contribution in [-0.2, 0) is 0 Å². The molecule has 8 aromatic rings. The number of benzene rings is 8. The van der Waals surface area contributed by atoms with Crippen LogP contribution in [0.15, 0.2) is 194 Å². The van der Waals surface area contributed by atoms with Gasteiger partial charge in [-0.2, -0.15) is 0 Å². The molecule has 0 radical (unpaired) electrons. The van der Waals surface area contributed by atoms with Crippen LogP contribution < -0.4 is 54.5 Å². The molecule has 0 unspecified atom stereocenters. The van der Waals surface area contributed by atoms with Crippen LogP contribution in [0, 0.1) is 0 Å². The van der Waals surface area contributed by atoms with Gasteiger partial charge in [0.1, 0.15) is 23.0 Å². The van der Waals surface area contributed by atoms with E-state index in [9.17, 15) is 0 Å². The molecule has 0 bridgehead atoms. The summed E-state index contributed by atoms with van der Waals surface area (Å²) < 4.78 is 21.7. The van der Waals surface area contributed by atoms with Gasteiger partial charge in [0.2, 0.25) is 0 Å². The largest absolute Gasteiger partial charge is 0.489 e. The van der Waals surface area contributed by atoms with Crippen molar-refractivity contribution in [3.63, 3.8) is 0 Å². The molecule has 6 aliphatic rings. The predicted molar refractivity (Wildman–Crippen MR) is 247 cm³/mol. The van der Waals surface area contributed by atoms with E-state index in [1.165, 1.54) is 5.69 Å². The molecule has 8 aromatic carbocycles. The first-order valence-electron chi connectivity index (χ1n) is 20.6. The van der Waals surface area contributed by atoms with Gasteiger partial charge in [0.25, 0.3) is 6.71 Å². The SMILES string of the molecule is c1ccc(N2B3N(B4N(B5N3c3ccccc3N5c3ccccc3)c3ccccc3N4c3cc4c5c(c3)Oc3ccccc3B5c3ccccc3O4)c3ccccc32)cc1. The molecule has 0 atom stereocenters. The Bertz CT molecular complexity index is 2950. The summed E-state index contributed by atoms with van der Waals surface area (Å²) in [5.41, 5.74) is 13.5. The van der Waals surface area contributed by atoms with Crippen molar-refractivity contribution >= 4 is 95.6 Å². The van der Waals surface area contributed by atoms with Crippen LogP contribution in [0.25, 0.3) is 0 Å². The van der Waals surface area contributed by atoms with Crippen molar-refractivity contribution in [2.45, 2.75) is 0 Å². The number of fused-ring (bicyclic) bond motifs is 16. The Hall–Kier alpha value is -7.58. The molecule has 60 heavy (non-hydrogen) atoms. The minimum Gasteiger partial charge on any atom is -0.458 e. The summed E-state index contributed by atoms with van der Waals surface area (Å²) in [7, 11) is -0.791. The van der Waals surface area contributed by atoms with E-state index in [4.69, 9.17) is 9.47 Å². The van der Waals surface area contributed by atoms with Crippen LogP contribution in [-0.4, -0.2) is 28.1 Å². The van der Waals surface area contributed by atoms with E-state index in [-0.39, 0.29) is 28.1 Å². The van der Waals surface area contributed by atoms with Crippen molar-refractivity contribution in [1.82, 2.24) is 0 Å². The molecule has 12 heteroatoms. The van der Waals surface area contributed by atoms with Crippen molar-refractivity contribution < 1.29 is 9.47 Å². The highest BCUT2D eigenvalue weighted by Gasteiger charge is 2.69. The Labute approximate surface area is 349 Å². The van der Waals surface area contributed by atoms with Gasteiger partial charge in [0, 0.05) is 51.7 Å². The molecule has 8 nitrogen and oxygen atoms in total. The van der Waals surface area contributed by atoms with E-state index in [1.54, 1.807) is 0 Å². The molecule has 14 rings (SSSR count). The molecule has 6 heterocycles. The van der Waals surface area contributed by atoms with Gasteiger partial charge in [-0.3, -0.25) is 0 Å². The van der Waals surface area contributed by atoms with Crippen molar-refractivity contribution in [3.05, 3.63) is 194 Å². The first kappa shape index (κ1) is 32.4. The molecular weight excluding hydrogens is 736 g/mol. The van der Waals surface area contributed by atoms with Gasteiger partial charge < -0.3 is 38.1 Å². The molecule has 0 amide bonds. The standard InChI is InChI=1S/C48H32B4N6O2/c1-3-17-33(18-4-1)53-38-23-9-12-26-41(38)56-50-54(34-19-5-2-6-20-34)39-24-10-13-27-42(39)57(50)52-55(40-25-11-14-28-43(40)58(52)51(53)56)35-31-46-48-47(32-35)60-45-30-16-8-22-37(45)49(48)36-21-7-15-29-44(36)59-46/h1-32H. The third-order valence-electron chi connectivity index (χ3n) is 13.1. The second kappa shape index (κ2) is 12.0. The van der Waals surface area contributed by atoms with Crippen LogP contribution in [0.3, 0.4) is 0 Å². The minimum atomic E-state index is -0.308. The Morgan fingerprint density at radius 1 is 0.300 bits per heavy atom. The smallest absolute Gasteiger partial charge is 0.458 e. The summed E-state index contributed by atoms with van der Waals surface area (Å²) in [6.45, 7) is -0.00440. The predicted octanol–water partition coefficient (Wildman–Crippen LogP) is 8.66. The van der Waals surface area contributed by atoms with Gasteiger partial charge >= 0.3 is 21.4 Å². The molecule has 0 aromatic heterocycles. The minimum absolute atomic E-state index is 0.00440. The van der Waals surface area contributed by atoms with Crippen LogP contribution in [0.1, 0.15) is 0 Å². The highest BCUT2D eigenvalue weighted by atomic mass is 16.5. The van der Waals surface area contributed by atoms with Gasteiger partial charge in [-0.25, -0.2) is 0 Å². The van der Waals surface area contributed by atoms with Crippen LogP contribution in [0.5, 0.6) is 23.0 Å². The van der Waals surface area contributed by atoms with Gasteiger partial charge in [0.15, 0.2) is 0 Å². The third-order valence-corrected chi connectivity index (χ3v) is 13.1. The maximum atomic E-state index is 6.91. The number of para-hydroxylation sites is 10. The topological polar surface area (TPSA) is 37.9 Å². The second-order valence-electron chi connectivity index (χ2n) is 16.1. The Balaban J connectivity index is 1.04. The average molecular weight is 768 g/mol. The summed E-state index contributed by atoms with van der Waals surface area (Å²) in [5, 5.41) is 0. The van der Waals surface area contributed by atoms with Crippen molar-refractivity contribution in [2.75, 3.05) is 28.6 Å². The van der Waals surface area contributed by atoms with Crippen molar-refractivity contribution in [2.24, 2.45) is 0 Å². The van der Waals surface area contributed by atoms with Gasteiger partial charge in [0.05, 0.1) is 17.1 Å². The molecule has 0 saturated carbocycles. The highest BCUT2D eigenvalue weighted by molar-refractivity contribution is 7.11. The normalized spacial score (nSPS) is 15.6. The zero-order valence-corrected chi connectivity index (χ0v) is 32.3. The third kappa shape index (κ3) is 4.19. The van der Waals surface area contributed by atoms with E-state index < -0.39 is 0 Å². The average Bonchev–Trinajstić information content (AvgIpc) is 3.95.